The van der Waals surface area contributed by atoms with Gasteiger partial charge in [0.15, 0.2) is 6.23 Å². The van der Waals surface area contributed by atoms with E-state index in [-0.39, 0.29) is 0 Å². The molecule has 14 heavy (non-hydrogen) atoms. The van der Waals surface area contributed by atoms with Gasteiger partial charge in [-0.3, -0.25) is 5.73 Å². The fraction of sp³-hybridized carbons (Fsp3) is 0.400. The van der Waals surface area contributed by atoms with Gasteiger partial charge in [-0.05, 0) is 19.1 Å². The highest BCUT2D eigenvalue weighted by Gasteiger charge is 2.10. The molecule has 0 amide bonds. The predicted molar refractivity (Wildman–Crippen MR) is 53.3 cm³/mol. The summed E-state index contributed by atoms with van der Waals surface area (Å²) in [5.41, 5.74) is 5.53. The van der Waals surface area contributed by atoms with Crippen LogP contribution < -0.4 is 15.2 Å². The van der Waals surface area contributed by atoms with Crippen LogP contribution in [0.2, 0.25) is 0 Å². The highest BCUT2D eigenvalue weighted by molar-refractivity contribution is 5.32. The molecular weight excluding hydrogens is 182 g/mol. The van der Waals surface area contributed by atoms with E-state index in [0.29, 0.717) is 11.5 Å². The molecule has 78 valence electrons. The highest BCUT2D eigenvalue weighted by atomic mass is 16.5. The molecule has 0 aliphatic rings. The number of hydrogen-bond acceptors (Lipinski definition) is 4. The van der Waals surface area contributed by atoms with Crippen molar-refractivity contribution < 1.29 is 14.6 Å². The summed E-state index contributed by atoms with van der Waals surface area (Å²) in [5.74, 6) is 1.28. The SMILES string of the molecule is COc1cccc(OC(N)C(C)O)c1. The first kappa shape index (κ1) is 10.8. The third-order valence-electron chi connectivity index (χ3n) is 1.79. The van der Waals surface area contributed by atoms with Crippen LogP contribution in [-0.2, 0) is 0 Å². The summed E-state index contributed by atoms with van der Waals surface area (Å²) in [4.78, 5) is 0. The molecule has 1 aromatic carbocycles. The van der Waals surface area contributed by atoms with E-state index in [1.807, 2.05) is 0 Å². The zero-order valence-electron chi connectivity index (χ0n) is 8.31. The molecule has 0 aromatic heterocycles. The minimum absolute atomic E-state index is 0.581. The Bertz CT molecular complexity index is 288. The van der Waals surface area contributed by atoms with Gasteiger partial charge in [-0.25, -0.2) is 0 Å². The normalized spacial score (nSPS) is 14.6. The molecule has 2 atom stereocenters. The monoisotopic (exact) mass is 197 g/mol. The number of rotatable bonds is 4. The van der Waals surface area contributed by atoms with Crippen molar-refractivity contribution in [3.63, 3.8) is 0 Å². The molecule has 0 saturated heterocycles. The van der Waals surface area contributed by atoms with Crippen molar-refractivity contribution in [2.24, 2.45) is 5.73 Å². The van der Waals surface area contributed by atoms with Gasteiger partial charge in [-0.15, -0.1) is 0 Å². The smallest absolute Gasteiger partial charge is 0.173 e. The molecule has 0 saturated carbocycles. The van der Waals surface area contributed by atoms with Gasteiger partial charge < -0.3 is 14.6 Å². The molecule has 2 unspecified atom stereocenters. The summed E-state index contributed by atoms with van der Waals surface area (Å²) in [6.45, 7) is 1.57. The minimum atomic E-state index is -0.720. The summed E-state index contributed by atoms with van der Waals surface area (Å²) in [5, 5.41) is 9.13. The van der Waals surface area contributed by atoms with Crippen LogP contribution >= 0.6 is 0 Å². The number of nitrogens with two attached hydrogens (primary N) is 1. The Hall–Kier alpha value is -1.26. The van der Waals surface area contributed by atoms with Gasteiger partial charge in [0, 0.05) is 6.07 Å². The van der Waals surface area contributed by atoms with Crippen LogP contribution in [0, 0.1) is 0 Å². The molecule has 0 heterocycles. The number of methoxy groups -OCH3 is 1. The topological polar surface area (TPSA) is 64.7 Å². The maximum Gasteiger partial charge on any atom is 0.173 e. The fourth-order valence-electron chi connectivity index (χ4n) is 0.930. The van der Waals surface area contributed by atoms with E-state index in [0.717, 1.165) is 0 Å². The van der Waals surface area contributed by atoms with E-state index in [9.17, 15) is 0 Å². The van der Waals surface area contributed by atoms with Gasteiger partial charge in [-0.2, -0.15) is 0 Å². The summed E-state index contributed by atoms with van der Waals surface area (Å²) < 4.78 is 10.3. The second kappa shape index (κ2) is 4.83. The quantitative estimate of drug-likeness (QED) is 0.699. The first-order valence-electron chi connectivity index (χ1n) is 4.38. The lowest BCUT2D eigenvalue weighted by Crippen LogP contribution is -2.37. The van der Waals surface area contributed by atoms with Gasteiger partial charge in [0.05, 0.1) is 7.11 Å². The highest BCUT2D eigenvalue weighted by Crippen LogP contribution is 2.19. The van der Waals surface area contributed by atoms with Crippen molar-refractivity contribution in [3.05, 3.63) is 24.3 Å². The molecule has 1 aromatic rings. The van der Waals surface area contributed by atoms with E-state index >= 15 is 0 Å². The van der Waals surface area contributed by atoms with Crippen molar-refractivity contribution in [2.75, 3.05) is 7.11 Å². The summed E-state index contributed by atoms with van der Waals surface area (Å²) in [6.07, 6.45) is -1.43. The Labute approximate surface area is 83.3 Å². The summed E-state index contributed by atoms with van der Waals surface area (Å²) >= 11 is 0. The molecule has 0 aliphatic heterocycles. The van der Waals surface area contributed by atoms with Gasteiger partial charge in [-0.1, -0.05) is 6.07 Å². The van der Waals surface area contributed by atoms with Crippen molar-refractivity contribution in [3.8, 4) is 11.5 Å². The molecule has 3 N–H and O–H groups in total. The van der Waals surface area contributed by atoms with Gasteiger partial charge in [0.25, 0.3) is 0 Å². The van der Waals surface area contributed by atoms with Gasteiger partial charge in [0.1, 0.15) is 17.6 Å². The van der Waals surface area contributed by atoms with E-state index < -0.39 is 12.3 Å². The van der Waals surface area contributed by atoms with Crippen LogP contribution in [0.5, 0.6) is 11.5 Å². The fourth-order valence-corrected chi connectivity index (χ4v) is 0.930. The standard InChI is InChI=1S/C10H15NO3/c1-7(12)10(11)14-9-5-3-4-8(6-9)13-2/h3-7,10,12H,11H2,1-2H3. The van der Waals surface area contributed by atoms with Gasteiger partial charge >= 0.3 is 0 Å². The average molecular weight is 197 g/mol. The van der Waals surface area contributed by atoms with Crippen LogP contribution in [0.4, 0.5) is 0 Å². The predicted octanol–water partition coefficient (Wildman–Crippen LogP) is 0.740. The Morgan fingerprint density at radius 2 is 2.00 bits per heavy atom. The van der Waals surface area contributed by atoms with Crippen molar-refractivity contribution >= 4 is 0 Å². The second-order valence-electron chi connectivity index (χ2n) is 3.00. The molecule has 4 heteroatoms. The molecule has 0 radical (unpaired) electrons. The molecule has 0 aliphatic carbocycles. The van der Waals surface area contributed by atoms with Crippen LogP contribution in [0.1, 0.15) is 6.92 Å². The third kappa shape index (κ3) is 2.90. The third-order valence-corrected chi connectivity index (χ3v) is 1.79. The Kier molecular flexibility index (Phi) is 3.73. The molecule has 0 bridgehead atoms. The Balaban J connectivity index is 2.66. The molecular formula is C10H15NO3. The summed E-state index contributed by atoms with van der Waals surface area (Å²) in [6, 6.07) is 7.07. The summed E-state index contributed by atoms with van der Waals surface area (Å²) in [7, 11) is 1.58. The van der Waals surface area contributed by atoms with E-state index in [4.69, 9.17) is 20.3 Å². The number of aliphatic hydroxyl groups excluding tert-OH is 1. The van der Waals surface area contributed by atoms with E-state index in [1.54, 1.807) is 38.3 Å². The number of benzene rings is 1. The Morgan fingerprint density at radius 3 is 2.57 bits per heavy atom. The minimum Gasteiger partial charge on any atom is -0.497 e. The first-order chi connectivity index (χ1) is 6.63. The van der Waals surface area contributed by atoms with Crippen LogP contribution in [-0.4, -0.2) is 24.5 Å². The van der Waals surface area contributed by atoms with Crippen molar-refractivity contribution in [1.82, 2.24) is 0 Å². The van der Waals surface area contributed by atoms with Crippen LogP contribution in [0.25, 0.3) is 0 Å². The molecule has 4 nitrogen and oxygen atoms in total. The van der Waals surface area contributed by atoms with Gasteiger partial charge in [0.2, 0.25) is 0 Å². The molecule has 1 rings (SSSR count). The number of hydrogen-bond donors (Lipinski definition) is 2. The zero-order chi connectivity index (χ0) is 10.6. The van der Waals surface area contributed by atoms with Crippen molar-refractivity contribution in [1.29, 1.82) is 0 Å². The largest absolute Gasteiger partial charge is 0.497 e. The second-order valence-corrected chi connectivity index (χ2v) is 3.00. The van der Waals surface area contributed by atoms with E-state index in [2.05, 4.69) is 0 Å². The Morgan fingerprint density at radius 1 is 1.36 bits per heavy atom. The maximum absolute atomic E-state index is 9.13. The van der Waals surface area contributed by atoms with E-state index in [1.165, 1.54) is 0 Å². The van der Waals surface area contributed by atoms with Crippen LogP contribution in [0.15, 0.2) is 24.3 Å². The molecule has 0 spiro atoms. The first-order valence-corrected chi connectivity index (χ1v) is 4.38. The van der Waals surface area contributed by atoms with Crippen LogP contribution in [0.3, 0.4) is 0 Å². The maximum atomic E-state index is 9.13. The lowest BCUT2D eigenvalue weighted by Gasteiger charge is -2.17. The number of aliphatic hydroxyl groups is 1. The number of ether oxygens (including phenoxy) is 2. The average Bonchev–Trinajstić information content (AvgIpc) is 2.18. The lowest BCUT2D eigenvalue weighted by atomic mass is 10.3. The van der Waals surface area contributed by atoms with Crippen molar-refractivity contribution in [2.45, 2.75) is 19.3 Å². The zero-order valence-corrected chi connectivity index (χ0v) is 8.31. The molecule has 0 fully saturated rings. The lowest BCUT2D eigenvalue weighted by molar-refractivity contribution is 0.0527.